The summed E-state index contributed by atoms with van der Waals surface area (Å²) in [6.45, 7) is -0.363. The van der Waals surface area contributed by atoms with E-state index in [1.54, 1.807) is 0 Å². The van der Waals surface area contributed by atoms with Gasteiger partial charge in [0.15, 0.2) is 0 Å². The zero-order chi connectivity index (χ0) is 15.8. The second-order valence-corrected chi connectivity index (χ2v) is 6.52. The van der Waals surface area contributed by atoms with Crippen molar-refractivity contribution in [2.45, 2.75) is 12.5 Å². The normalized spacial score (nSPS) is 17.8. The number of hydrogen-bond acceptors (Lipinski definition) is 5. The molecule has 0 spiro atoms. The van der Waals surface area contributed by atoms with Crippen molar-refractivity contribution in [3.63, 3.8) is 0 Å². The van der Waals surface area contributed by atoms with Crippen LogP contribution in [-0.2, 0) is 26.0 Å². The van der Waals surface area contributed by atoms with Crippen LogP contribution in [0.2, 0.25) is 0 Å². The second kappa shape index (κ2) is 5.24. The van der Waals surface area contributed by atoms with Crippen molar-refractivity contribution in [2.75, 3.05) is 17.1 Å². The molecule has 0 fully saturated rings. The summed E-state index contributed by atoms with van der Waals surface area (Å²) in [4.78, 5) is 21.7. The molecule has 1 aromatic rings. The first-order chi connectivity index (χ1) is 9.68. The molecule has 0 aliphatic carbocycles. The standard InChI is InChI=1S/C12H13NO7S/c1-21(18,19)13-6-10(12(16)17)20-9-3-2-7(4-8(9)13)5-11(14)15/h2-4,10H,5-6H2,1H3,(H,14,15)(H,16,17)/t10-/m0/s1. The van der Waals surface area contributed by atoms with E-state index in [0.717, 1.165) is 10.6 Å². The van der Waals surface area contributed by atoms with Crippen LogP contribution in [-0.4, -0.2) is 49.5 Å². The monoisotopic (exact) mass is 315 g/mol. The summed E-state index contributed by atoms with van der Waals surface area (Å²) in [6.07, 6.45) is -0.629. The molecule has 0 saturated carbocycles. The highest BCUT2D eigenvalue weighted by atomic mass is 32.2. The van der Waals surface area contributed by atoms with Gasteiger partial charge in [-0.3, -0.25) is 9.10 Å². The molecule has 0 bridgehead atoms. The predicted octanol–water partition coefficient (Wildman–Crippen LogP) is -0.0747. The Balaban J connectivity index is 2.49. The number of nitrogens with zero attached hydrogens (tertiary/aromatic N) is 1. The molecular weight excluding hydrogens is 302 g/mol. The van der Waals surface area contributed by atoms with E-state index in [4.69, 9.17) is 14.9 Å². The fraction of sp³-hybridized carbons (Fsp3) is 0.333. The van der Waals surface area contributed by atoms with Gasteiger partial charge in [-0.15, -0.1) is 0 Å². The number of carboxylic acids is 2. The number of rotatable bonds is 4. The Labute approximate surface area is 120 Å². The Bertz CT molecular complexity index is 698. The van der Waals surface area contributed by atoms with Crippen LogP contribution < -0.4 is 9.04 Å². The number of anilines is 1. The molecule has 114 valence electrons. The van der Waals surface area contributed by atoms with Crippen LogP contribution in [0.25, 0.3) is 0 Å². The molecule has 1 aromatic carbocycles. The summed E-state index contributed by atoms with van der Waals surface area (Å²) in [5, 5.41) is 17.8. The Hall–Kier alpha value is -2.29. The van der Waals surface area contributed by atoms with Gasteiger partial charge < -0.3 is 14.9 Å². The van der Waals surface area contributed by atoms with Gasteiger partial charge >= 0.3 is 11.9 Å². The van der Waals surface area contributed by atoms with Gasteiger partial charge in [-0.1, -0.05) is 6.07 Å². The smallest absolute Gasteiger partial charge is 0.346 e. The Morgan fingerprint density at radius 2 is 2.05 bits per heavy atom. The molecule has 21 heavy (non-hydrogen) atoms. The maximum Gasteiger partial charge on any atom is 0.346 e. The van der Waals surface area contributed by atoms with Gasteiger partial charge in [-0.25, -0.2) is 13.2 Å². The van der Waals surface area contributed by atoms with Gasteiger partial charge in [-0.05, 0) is 17.7 Å². The molecule has 0 unspecified atom stereocenters. The quantitative estimate of drug-likeness (QED) is 0.797. The maximum absolute atomic E-state index is 11.8. The Morgan fingerprint density at radius 1 is 1.38 bits per heavy atom. The second-order valence-electron chi connectivity index (χ2n) is 4.61. The van der Waals surface area contributed by atoms with Crippen molar-refractivity contribution in [1.82, 2.24) is 0 Å². The first-order valence-corrected chi connectivity index (χ1v) is 7.75. The van der Waals surface area contributed by atoms with Crippen LogP contribution >= 0.6 is 0 Å². The number of sulfonamides is 1. The van der Waals surface area contributed by atoms with E-state index in [1.165, 1.54) is 18.2 Å². The van der Waals surface area contributed by atoms with Gasteiger partial charge in [0.25, 0.3) is 0 Å². The average molecular weight is 315 g/mol. The van der Waals surface area contributed by atoms with Crippen LogP contribution in [0.15, 0.2) is 18.2 Å². The molecule has 8 nitrogen and oxygen atoms in total. The van der Waals surface area contributed by atoms with Crippen LogP contribution in [0, 0.1) is 0 Å². The minimum absolute atomic E-state index is 0.0909. The van der Waals surface area contributed by atoms with Crippen molar-refractivity contribution in [2.24, 2.45) is 0 Å². The van der Waals surface area contributed by atoms with E-state index >= 15 is 0 Å². The summed E-state index contributed by atoms with van der Waals surface area (Å²) < 4.78 is 29.8. The minimum Gasteiger partial charge on any atom is -0.481 e. The molecule has 1 atom stereocenters. The van der Waals surface area contributed by atoms with E-state index in [1.807, 2.05) is 0 Å². The molecule has 0 radical (unpaired) electrons. The highest BCUT2D eigenvalue weighted by Gasteiger charge is 2.35. The van der Waals surface area contributed by atoms with Gasteiger partial charge in [0, 0.05) is 0 Å². The first kappa shape index (κ1) is 15.1. The molecule has 1 aliphatic heterocycles. The minimum atomic E-state index is -3.71. The Kier molecular flexibility index (Phi) is 3.77. The summed E-state index contributed by atoms with van der Waals surface area (Å²) in [5.74, 6) is -2.24. The van der Waals surface area contributed by atoms with Crippen molar-refractivity contribution in [3.05, 3.63) is 23.8 Å². The molecule has 0 saturated heterocycles. The van der Waals surface area contributed by atoms with Crippen LogP contribution in [0.4, 0.5) is 5.69 Å². The number of hydrogen-bond donors (Lipinski definition) is 2. The number of fused-ring (bicyclic) bond motifs is 1. The Morgan fingerprint density at radius 3 is 2.57 bits per heavy atom. The largest absolute Gasteiger partial charge is 0.481 e. The summed E-state index contributed by atoms with van der Waals surface area (Å²) >= 11 is 0. The zero-order valence-corrected chi connectivity index (χ0v) is 11.8. The lowest BCUT2D eigenvalue weighted by atomic mass is 10.1. The number of carbonyl (C=O) groups is 2. The lowest BCUT2D eigenvalue weighted by Gasteiger charge is -2.33. The highest BCUT2D eigenvalue weighted by Crippen LogP contribution is 2.36. The maximum atomic E-state index is 11.8. The summed E-state index contributed by atoms with van der Waals surface area (Å²) in [5.41, 5.74) is 0.543. The average Bonchev–Trinajstić information content (AvgIpc) is 2.35. The van der Waals surface area contributed by atoms with Gasteiger partial charge in [0.05, 0.1) is 24.9 Å². The molecule has 1 aliphatic rings. The van der Waals surface area contributed by atoms with E-state index in [9.17, 15) is 18.0 Å². The summed E-state index contributed by atoms with van der Waals surface area (Å²) in [7, 11) is -3.71. The lowest BCUT2D eigenvalue weighted by Crippen LogP contribution is -2.46. The van der Waals surface area contributed by atoms with Crippen molar-refractivity contribution < 1.29 is 33.0 Å². The van der Waals surface area contributed by atoms with Crippen molar-refractivity contribution in [1.29, 1.82) is 0 Å². The van der Waals surface area contributed by atoms with E-state index < -0.39 is 28.1 Å². The van der Waals surface area contributed by atoms with Gasteiger partial charge in [0.2, 0.25) is 16.1 Å². The van der Waals surface area contributed by atoms with E-state index in [0.29, 0.717) is 5.56 Å². The molecule has 0 amide bonds. The van der Waals surface area contributed by atoms with Crippen molar-refractivity contribution >= 4 is 27.6 Å². The molecule has 0 aromatic heterocycles. The highest BCUT2D eigenvalue weighted by molar-refractivity contribution is 7.92. The third-order valence-corrected chi connectivity index (χ3v) is 4.07. The molecule has 2 N–H and O–H groups in total. The molecule has 2 rings (SSSR count). The molecule has 9 heteroatoms. The lowest BCUT2D eigenvalue weighted by molar-refractivity contribution is -0.144. The van der Waals surface area contributed by atoms with E-state index in [2.05, 4.69) is 0 Å². The van der Waals surface area contributed by atoms with Gasteiger partial charge in [-0.2, -0.15) is 0 Å². The number of benzene rings is 1. The van der Waals surface area contributed by atoms with Gasteiger partial charge in [0.1, 0.15) is 5.75 Å². The van der Waals surface area contributed by atoms with Crippen LogP contribution in [0.5, 0.6) is 5.75 Å². The fourth-order valence-corrected chi connectivity index (χ4v) is 2.93. The van der Waals surface area contributed by atoms with E-state index in [-0.39, 0.29) is 24.4 Å². The number of carboxylic acid groups (broad SMARTS) is 2. The third-order valence-electron chi connectivity index (χ3n) is 2.92. The summed E-state index contributed by atoms with van der Waals surface area (Å²) in [6, 6.07) is 4.21. The molecular formula is C12H13NO7S. The third kappa shape index (κ3) is 3.24. The SMILES string of the molecule is CS(=O)(=O)N1C[C@@H](C(=O)O)Oc2ccc(CC(=O)O)cc21. The van der Waals surface area contributed by atoms with Crippen LogP contribution in [0.3, 0.4) is 0 Å². The topological polar surface area (TPSA) is 121 Å². The fourth-order valence-electron chi connectivity index (χ4n) is 2.02. The van der Waals surface area contributed by atoms with Crippen molar-refractivity contribution in [3.8, 4) is 5.75 Å². The zero-order valence-electron chi connectivity index (χ0n) is 11.0. The van der Waals surface area contributed by atoms with Crippen LogP contribution in [0.1, 0.15) is 5.56 Å². The predicted molar refractivity (Wildman–Crippen MR) is 72.0 cm³/mol. The number of ether oxygens (including phenoxy) is 1. The molecule has 1 heterocycles. The number of aliphatic carboxylic acids is 2. The first-order valence-electron chi connectivity index (χ1n) is 5.90.